The molecule has 0 amide bonds. The van der Waals surface area contributed by atoms with Gasteiger partial charge in [0.15, 0.2) is 12.1 Å². The lowest BCUT2D eigenvalue weighted by atomic mass is 10.0. The van der Waals surface area contributed by atoms with Crippen LogP contribution < -0.4 is 0 Å². The van der Waals surface area contributed by atoms with Crippen molar-refractivity contribution in [3.8, 4) is 0 Å². The van der Waals surface area contributed by atoms with Crippen molar-refractivity contribution in [2.24, 2.45) is 0 Å². The van der Waals surface area contributed by atoms with E-state index in [4.69, 9.17) is 9.47 Å². The molecule has 2 aromatic rings. The summed E-state index contributed by atoms with van der Waals surface area (Å²) in [6.07, 6.45) is -2.42. The quantitative estimate of drug-likeness (QED) is 0.623. The number of rotatable bonds is 10. The van der Waals surface area contributed by atoms with Crippen LogP contribution in [-0.4, -0.2) is 58.6 Å². The average Bonchev–Trinajstić information content (AvgIpc) is 2.76. The zero-order valence-electron chi connectivity index (χ0n) is 17.4. The Kier molecular flexibility index (Phi) is 8.54. The van der Waals surface area contributed by atoms with Crippen LogP contribution in [-0.2, 0) is 27.4 Å². The highest BCUT2D eigenvalue weighted by atomic mass is 16.7. The molecule has 1 aliphatic rings. The van der Waals surface area contributed by atoms with E-state index in [0.717, 1.165) is 17.5 Å². The van der Waals surface area contributed by atoms with Gasteiger partial charge < -0.3 is 19.7 Å². The van der Waals surface area contributed by atoms with Crippen molar-refractivity contribution in [3.05, 3.63) is 71.8 Å². The molecule has 6 nitrogen and oxygen atoms in total. The standard InChI is InChI=1S/C24H31NO5/c1-2-9-22-29-17-21(27)24(30-22)23(28)20(26)16-25(14-18-10-5-3-6-11-18)15-19-12-7-4-8-13-19/h3-8,10-13,21-24,27-28H,2,9,14-17H2,1H3/t21-,22+,23-,24-/m1/s1. The number of Topliss-reactive ketones (excluding diaryl/α,β-unsaturated/α-hetero) is 1. The molecule has 6 heteroatoms. The van der Waals surface area contributed by atoms with Crippen LogP contribution in [0.5, 0.6) is 0 Å². The van der Waals surface area contributed by atoms with E-state index in [1.807, 2.05) is 72.5 Å². The second-order valence-electron chi connectivity index (χ2n) is 7.75. The van der Waals surface area contributed by atoms with Gasteiger partial charge in [-0.25, -0.2) is 0 Å². The van der Waals surface area contributed by atoms with Gasteiger partial charge in [0.2, 0.25) is 0 Å². The van der Waals surface area contributed by atoms with Crippen LogP contribution in [0.15, 0.2) is 60.7 Å². The molecule has 2 N–H and O–H groups in total. The maximum atomic E-state index is 12.9. The second-order valence-corrected chi connectivity index (χ2v) is 7.75. The number of ketones is 1. The van der Waals surface area contributed by atoms with Gasteiger partial charge in [0.05, 0.1) is 13.2 Å². The number of carbonyl (C=O) groups is 1. The Morgan fingerprint density at radius 3 is 2.17 bits per heavy atom. The predicted molar refractivity (Wildman–Crippen MR) is 114 cm³/mol. The Bertz CT molecular complexity index is 728. The minimum atomic E-state index is -1.41. The van der Waals surface area contributed by atoms with E-state index in [-0.39, 0.29) is 18.9 Å². The number of benzene rings is 2. The molecule has 1 saturated heterocycles. The van der Waals surface area contributed by atoms with Crippen LogP contribution in [0.25, 0.3) is 0 Å². The van der Waals surface area contributed by atoms with Crippen LogP contribution in [0, 0.1) is 0 Å². The van der Waals surface area contributed by atoms with Crippen LogP contribution in [0.2, 0.25) is 0 Å². The van der Waals surface area contributed by atoms with Crippen molar-refractivity contribution in [2.45, 2.75) is 57.5 Å². The molecule has 0 aromatic heterocycles. The first-order chi connectivity index (χ1) is 14.6. The summed E-state index contributed by atoms with van der Waals surface area (Å²) < 4.78 is 11.1. The van der Waals surface area contributed by atoms with Crippen molar-refractivity contribution in [2.75, 3.05) is 13.2 Å². The number of aliphatic hydroxyl groups is 2. The largest absolute Gasteiger partial charge is 0.388 e. The number of nitrogens with zero attached hydrogens (tertiary/aromatic N) is 1. The molecule has 2 aromatic carbocycles. The van der Waals surface area contributed by atoms with Crippen molar-refractivity contribution in [1.29, 1.82) is 0 Å². The van der Waals surface area contributed by atoms with Gasteiger partial charge >= 0.3 is 0 Å². The predicted octanol–water partition coefficient (Wildman–Crippen LogP) is 2.52. The Morgan fingerprint density at radius 2 is 1.63 bits per heavy atom. The summed E-state index contributed by atoms with van der Waals surface area (Å²) in [5, 5.41) is 20.9. The Morgan fingerprint density at radius 1 is 1.07 bits per heavy atom. The minimum Gasteiger partial charge on any atom is -0.388 e. The van der Waals surface area contributed by atoms with Gasteiger partial charge in [-0.05, 0) is 17.5 Å². The lowest BCUT2D eigenvalue weighted by molar-refractivity contribution is -0.269. The Labute approximate surface area is 178 Å². The van der Waals surface area contributed by atoms with E-state index >= 15 is 0 Å². The van der Waals surface area contributed by atoms with E-state index in [0.29, 0.717) is 19.5 Å². The summed E-state index contributed by atoms with van der Waals surface area (Å²) in [6.45, 7) is 3.25. The molecule has 30 heavy (non-hydrogen) atoms. The number of carbonyl (C=O) groups excluding carboxylic acids is 1. The fourth-order valence-corrected chi connectivity index (χ4v) is 3.63. The minimum absolute atomic E-state index is 0.0524. The molecule has 1 aliphatic heterocycles. The summed E-state index contributed by atoms with van der Waals surface area (Å²) in [4.78, 5) is 14.9. The first-order valence-electron chi connectivity index (χ1n) is 10.5. The van der Waals surface area contributed by atoms with Crippen LogP contribution in [0.4, 0.5) is 0 Å². The third kappa shape index (κ3) is 6.45. The Hall–Kier alpha value is -2.09. The van der Waals surface area contributed by atoms with Crippen LogP contribution in [0.3, 0.4) is 0 Å². The molecular formula is C24H31NO5. The van der Waals surface area contributed by atoms with Gasteiger partial charge in [0.1, 0.15) is 18.3 Å². The van der Waals surface area contributed by atoms with E-state index in [1.54, 1.807) is 0 Å². The van der Waals surface area contributed by atoms with Crippen LogP contribution >= 0.6 is 0 Å². The monoisotopic (exact) mass is 413 g/mol. The first-order valence-corrected chi connectivity index (χ1v) is 10.5. The van der Waals surface area contributed by atoms with Crippen molar-refractivity contribution in [3.63, 3.8) is 0 Å². The highest BCUT2D eigenvalue weighted by molar-refractivity contribution is 5.85. The summed E-state index contributed by atoms with van der Waals surface area (Å²) in [5.74, 6) is -0.372. The summed E-state index contributed by atoms with van der Waals surface area (Å²) >= 11 is 0. The van der Waals surface area contributed by atoms with Gasteiger partial charge in [-0.3, -0.25) is 9.69 Å². The van der Waals surface area contributed by atoms with Gasteiger partial charge in [-0.2, -0.15) is 0 Å². The smallest absolute Gasteiger partial charge is 0.177 e. The number of aliphatic hydroxyl groups excluding tert-OH is 2. The number of hydrogen-bond acceptors (Lipinski definition) is 6. The maximum absolute atomic E-state index is 12.9. The van der Waals surface area contributed by atoms with Crippen molar-refractivity contribution >= 4 is 5.78 Å². The van der Waals surface area contributed by atoms with E-state index in [2.05, 4.69) is 0 Å². The lowest BCUT2D eigenvalue weighted by Crippen LogP contribution is -2.53. The maximum Gasteiger partial charge on any atom is 0.177 e. The summed E-state index contributed by atoms with van der Waals surface area (Å²) in [5.41, 5.74) is 2.17. The van der Waals surface area contributed by atoms with E-state index in [9.17, 15) is 15.0 Å². The number of hydrogen-bond donors (Lipinski definition) is 2. The third-order valence-electron chi connectivity index (χ3n) is 5.18. The molecular weight excluding hydrogens is 382 g/mol. The molecule has 0 bridgehead atoms. The van der Waals surface area contributed by atoms with Gasteiger partial charge in [-0.1, -0.05) is 74.0 Å². The molecule has 1 fully saturated rings. The molecule has 0 unspecified atom stereocenters. The van der Waals surface area contributed by atoms with Gasteiger partial charge in [0, 0.05) is 13.1 Å². The molecule has 162 valence electrons. The fourth-order valence-electron chi connectivity index (χ4n) is 3.63. The number of ether oxygens (including phenoxy) is 2. The molecule has 0 radical (unpaired) electrons. The molecule has 1 heterocycles. The second kappa shape index (κ2) is 11.3. The lowest BCUT2D eigenvalue weighted by Gasteiger charge is -2.36. The molecule has 4 atom stereocenters. The summed E-state index contributed by atoms with van der Waals surface area (Å²) in [7, 11) is 0. The van der Waals surface area contributed by atoms with E-state index < -0.39 is 24.6 Å². The molecule has 3 rings (SSSR count). The van der Waals surface area contributed by atoms with Crippen molar-refractivity contribution < 1.29 is 24.5 Å². The molecule has 0 saturated carbocycles. The summed E-state index contributed by atoms with van der Waals surface area (Å²) in [6, 6.07) is 19.8. The zero-order chi connectivity index (χ0) is 21.3. The van der Waals surface area contributed by atoms with Gasteiger partial charge in [-0.15, -0.1) is 0 Å². The average molecular weight is 414 g/mol. The first kappa shape index (κ1) is 22.6. The highest BCUT2D eigenvalue weighted by Crippen LogP contribution is 2.20. The Balaban J connectivity index is 1.68. The normalized spacial score (nSPS) is 22.7. The van der Waals surface area contributed by atoms with Crippen LogP contribution in [0.1, 0.15) is 30.9 Å². The topological polar surface area (TPSA) is 79.2 Å². The zero-order valence-corrected chi connectivity index (χ0v) is 17.4. The SMILES string of the molecule is CCC[C@H]1OC[C@@H](O)[C@H]([C@H](O)C(=O)CN(Cc2ccccc2)Cc2ccccc2)O1. The highest BCUT2D eigenvalue weighted by Gasteiger charge is 2.38. The van der Waals surface area contributed by atoms with Gasteiger partial charge in [0.25, 0.3) is 0 Å². The van der Waals surface area contributed by atoms with E-state index in [1.165, 1.54) is 0 Å². The molecule has 0 aliphatic carbocycles. The molecule has 0 spiro atoms. The van der Waals surface area contributed by atoms with Crippen molar-refractivity contribution in [1.82, 2.24) is 4.90 Å². The fraction of sp³-hybridized carbons (Fsp3) is 0.458. The third-order valence-corrected chi connectivity index (χ3v) is 5.18.